The average Bonchev–Trinajstić information content (AvgIpc) is 2.26. The molecule has 90 valence electrons. The lowest BCUT2D eigenvalue weighted by atomic mass is 10.2. The lowest BCUT2D eigenvalue weighted by molar-refractivity contribution is 0.288. The maximum atomic E-state index is 11.3. The standard InChI is InChI=1S/C9H14BrN3O2S/c1-5(6(3-14)16-2)13-8-7(10)9(15)12-4-11-8/h4-6,14H,3H2,1-2H3,(H2,11,12,13,15). The van der Waals surface area contributed by atoms with Gasteiger partial charge in [-0.2, -0.15) is 11.8 Å². The van der Waals surface area contributed by atoms with Crippen LogP contribution in [0.25, 0.3) is 0 Å². The molecule has 3 N–H and O–H groups in total. The lowest BCUT2D eigenvalue weighted by Gasteiger charge is -2.21. The van der Waals surface area contributed by atoms with Gasteiger partial charge in [0.2, 0.25) is 0 Å². The highest BCUT2D eigenvalue weighted by Crippen LogP contribution is 2.18. The van der Waals surface area contributed by atoms with E-state index in [1.54, 1.807) is 11.8 Å². The maximum Gasteiger partial charge on any atom is 0.267 e. The average molecular weight is 308 g/mol. The molecule has 0 radical (unpaired) electrons. The lowest BCUT2D eigenvalue weighted by Crippen LogP contribution is -2.32. The number of aliphatic hydroxyl groups is 1. The molecule has 7 heteroatoms. The Labute approximate surface area is 106 Å². The van der Waals surface area contributed by atoms with Crippen LogP contribution in [-0.4, -0.2) is 39.2 Å². The molecule has 0 amide bonds. The van der Waals surface area contributed by atoms with Gasteiger partial charge in [-0.15, -0.1) is 0 Å². The Morgan fingerprint density at radius 1 is 1.75 bits per heavy atom. The predicted molar refractivity (Wildman–Crippen MR) is 70.0 cm³/mol. The molecule has 1 aromatic rings. The predicted octanol–water partition coefficient (Wildman–Crippen LogP) is 1.06. The molecule has 0 spiro atoms. The van der Waals surface area contributed by atoms with Crippen molar-refractivity contribution in [1.82, 2.24) is 9.97 Å². The van der Waals surface area contributed by atoms with Crippen molar-refractivity contribution >= 4 is 33.5 Å². The van der Waals surface area contributed by atoms with Crippen LogP contribution < -0.4 is 10.9 Å². The Balaban J connectivity index is 2.80. The number of nitrogens with zero attached hydrogens (tertiary/aromatic N) is 1. The topological polar surface area (TPSA) is 78.0 Å². The molecule has 2 atom stereocenters. The van der Waals surface area contributed by atoms with E-state index in [2.05, 4.69) is 31.2 Å². The third kappa shape index (κ3) is 3.23. The summed E-state index contributed by atoms with van der Waals surface area (Å²) < 4.78 is 0.375. The summed E-state index contributed by atoms with van der Waals surface area (Å²) in [7, 11) is 0. The van der Waals surface area contributed by atoms with Crippen LogP contribution in [0.2, 0.25) is 0 Å². The largest absolute Gasteiger partial charge is 0.395 e. The van der Waals surface area contributed by atoms with Gasteiger partial charge < -0.3 is 15.4 Å². The zero-order chi connectivity index (χ0) is 12.1. The second-order valence-corrected chi connectivity index (χ2v) is 5.15. The third-order valence-electron chi connectivity index (χ3n) is 2.20. The van der Waals surface area contributed by atoms with Crippen molar-refractivity contribution in [1.29, 1.82) is 0 Å². The Bertz CT molecular complexity index is 395. The van der Waals surface area contributed by atoms with E-state index >= 15 is 0 Å². The highest BCUT2D eigenvalue weighted by Gasteiger charge is 2.17. The van der Waals surface area contributed by atoms with E-state index in [1.165, 1.54) is 6.33 Å². The number of hydrogen-bond acceptors (Lipinski definition) is 5. The molecular formula is C9H14BrN3O2S. The summed E-state index contributed by atoms with van der Waals surface area (Å²) in [6, 6.07) is 0.0191. The summed E-state index contributed by atoms with van der Waals surface area (Å²) in [5, 5.41) is 12.3. The van der Waals surface area contributed by atoms with Crippen LogP contribution in [0.3, 0.4) is 0 Å². The molecule has 0 saturated heterocycles. The molecule has 0 bridgehead atoms. The minimum atomic E-state index is -0.227. The monoisotopic (exact) mass is 307 g/mol. The fourth-order valence-corrected chi connectivity index (χ4v) is 2.19. The van der Waals surface area contributed by atoms with Crippen LogP contribution in [-0.2, 0) is 0 Å². The Morgan fingerprint density at radius 2 is 2.44 bits per heavy atom. The summed E-state index contributed by atoms with van der Waals surface area (Å²) in [5.41, 5.74) is -0.227. The molecule has 0 fully saturated rings. The minimum absolute atomic E-state index is 0.0191. The second kappa shape index (κ2) is 6.27. The van der Waals surface area contributed by atoms with Crippen molar-refractivity contribution in [3.63, 3.8) is 0 Å². The Morgan fingerprint density at radius 3 is 3.00 bits per heavy atom. The number of thioether (sulfide) groups is 1. The molecule has 1 heterocycles. The number of rotatable bonds is 5. The number of aromatic amines is 1. The van der Waals surface area contributed by atoms with Crippen LogP contribution in [0.5, 0.6) is 0 Å². The number of H-pyrrole nitrogens is 1. The molecule has 5 nitrogen and oxygen atoms in total. The van der Waals surface area contributed by atoms with Crippen LogP contribution in [0, 0.1) is 0 Å². The number of aliphatic hydroxyl groups excluding tert-OH is 1. The normalized spacial score (nSPS) is 14.5. The van der Waals surface area contributed by atoms with E-state index in [9.17, 15) is 4.79 Å². The summed E-state index contributed by atoms with van der Waals surface area (Å²) in [4.78, 5) is 17.8. The van der Waals surface area contributed by atoms with Crippen LogP contribution in [0.1, 0.15) is 6.92 Å². The van der Waals surface area contributed by atoms with Gasteiger partial charge in [0.05, 0.1) is 12.9 Å². The first-order valence-corrected chi connectivity index (χ1v) is 6.81. The van der Waals surface area contributed by atoms with Crippen LogP contribution in [0.4, 0.5) is 5.82 Å². The van der Waals surface area contributed by atoms with Crippen LogP contribution in [0.15, 0.2) is 15.6 Å². The number of nitrogens with one attached hydrogen (secondary N) is 2. The van der Waals surface area contributed by atoms with Crippen molar-refractivity contribution in [3.8, 4) is 0 Å². The van der Waals surface area contributed by atoms with Crippen molar-refractivity contribution in [2.75, 3.05) is 18.2 Å². The summed E-state index contributed by atoms with van der Waals surface area (Å²) in [6.07, 6.45) is 3.27. The van der Waals surface area contributed by atoms with Gasteiger partial charge in [0.15, 0.2) is 0 Å². The van der Waals surface area contributed by atoms with Gasteiger partial charge in [-0.25, -0.2) is 4.98 Å². The molecule has 0 saturated carbocycles. The summed E-state index contributed by atoms with van der Waals surface area (Å²) in [6.45, 7) is 2.02. The fourth-order valence-electron chi connectivity index (χ4n) is 1.23. The van der Waals surface area contributed by atoms with E-state index < -0.39 is 0 Å². The van der Waals surface area contributed by atoms with Crippen molar-refractivity contribution < 1.29 is 5.11 Å². The zero-order valence-electron chi connectivity index (χ0n) is 9.03. The molecular weight excluding hydrogens is 294 g/mol. The van der Waals surface area contributed by atoms with E-state index in [0.29, 0.717) is 10.3 Å². The molecule has 0 aliphatic rings. The maximum absolute atomic E-state index is 11.3. The smallest absolute Gasteiger partial charge is 0.267 e. The van der Waals surface area contributed by atoms with Crippen LogP contribution >= 0.6 is 27.7 Å². The first kappa shape index (κ1) is 13.5. The van der Waals surface area contributed by atoms with E-state index in [0.717, 1.165) is 0 Å². The van der Waals surface area contributed by atoms with Crippen molar-refractivity contribution in [2.45, 2.75) is 18.2 Å². The quantitative estimate of drug-likeness (QED) is 0.758. The van der Waals surface area contributed by atoms with Crippen molar-refractivity contribution in [2.24, 2.45) is 0 Å². The zero-order valence-corrected chi connectivity index (χ0v) is 11.4. The molecule has 0 aliphatic heterocycles. The third-order valence-corrected chi connectivity index (χ3v) is 4.10. The van der Waals surface area contributed by atoms with Gasteiger partial charge >= 0.3 is 0 Å². The second-order valence-electron chi connectivity index (χ2n) is 3.28. The number of aromatic nitrogens is 2. The first-order valence-electron chi connectivity index (χ1n) is 4.73. The van der Waals surface area contributed by atoms with Gasteiger partial charge in [0, 0.05) is 11.3 Å². The number of halogens is 1. The first-order chi connectivity index (χ1) is 7.60. The summed E-state index contributed by atoms with van der Waals surface area (Å²) in [5.74, 6) is 0.490. The molecule has 0 aliphatic carbocycles. The highest BCUT2D eigenvalue weighted by molar-refractivity contribution is 9.10. The van der Waals surface area contributed by atoms with Gasteiger partial charge in [0.25, 0.3) is 5.56 Å². The Kier molecular flexibility index (Phi) is 5.30. The SMILES string of the molecule is CSC(CO)C(C)Nc1nc[nH]c(=O)c1Br. The molecule has 16 heavy (non-hydrogen) atoms. The van der Waals surface area contributed by atoms with E-state index in [4.69, 9.17) is 5.11 Å². The highest BCUT2D eigenvalue weighted by atomic mass is 79.9. The van der Waals surface area contributed by atoms with Crippen molar-refractivity contribution in [3.05, 3.63) is 21.2 Å². The summed E-state index contributed by atoms with van der Waals surface area (Å²) >= 11 is 4.73. The Hall–Kier alpha value is -0.530. The van der Waals surface area contributed by atoms with Gasteiger partial charge in [-0.1, -0.05) is 0 Å². The fraction of sp³-hybridized carbons (Fsp3) is 0.556. The van der Waals surface area contributed by atoms with Gasteiger partial charge in [0.1, 0.15) is 10.3 Å². The molecule has 2 unspecified atom stereocenters. The van der Waals surface area contributed by atoms with Gasteiger partial charge in [-0.3, -0.25) is 4.79 Å². The number of hydrogen-bond donors (Lipinski definition) is 3. The van der Waals surface area contributed by atoms with E-state index in [-0.39, 0.29) is 23.5 Å². The van der Waals surface area contributed by atoms with E-state index in [1.807, 2.05) is 13.2 Å². The molecule has 1 aromatic heterocycles. The molecule has 0 aromatic carbocycles. The van der Waals surface area contributed by atoms with Gasteiger partial charge in [-0.05, 0) is 29.1 Å². The minimum Gasteiger partial charge on any atom is -0.395 e. The number of anilines is 1. The molecule has 1 rings (SSSR count).